The maximum absolute atomic E-state index is 12.0. The van der Waals surface area contributed by atoms with E-state index in [1.54, 1.807) is 0 Å². The SMILES string of the molecule is COc1ccc(C(=O)Nc2ccc(C(=O)O)cn2)c(O)c1. The number of pyridine rings is 1. The number of hydrogen-bond donors (Lipinski definition) is 3. The predicted octanol–water partition coefficient (Wildman–Crippen LogP) is 1.75. The van der Waals surface area contributed by atoms with Crippen molar-refractivity contribution in [3.63, 3.8) is 0 Å². The van der Waals surface area contributed by atoms with Crippen molar-refractivity contribution < 1.29 is 24.5 Å². The Labute approximate surface area is 119 Å². The lowest BCUT2D eigenvalue weighted by Crippen LogP contribution is -2.13. The van der Waals surface area contributed by atoms with E-state index in [1.807, 2.05) is 0 Å². The van der Waals surface area contributed by atoms with Crippen molar-refractivity contribution in [3.05, 3.63) is 47.7 Å². The number of rotatable bonds is 4. The lowest BCUT2D eigenvalue weighted by Gasteiger charge is -2.07. The lowest BCUT2D eigenvalue weighted by atomic mass is 10.2. The van der Waals surface area contributed by atoms with Gasteiger partial charge in [0.1, 0.15) is 17.3 Å². The first-order valence-electron chi connectivity index (χ1n) is 5.89. The monoisotopic (exact) mass is 288 g/mol. The number of amides is 1. The number of carbonyl (C=O) groups excluding carboxylic acids is 1. The van der Waals surface area contributed by atoms with Gasteiger partial charge >= 0.3 is 5.97 Å². The normalized spacial score (nSPS) is 9.95. The van der Waals surface area contributed by atoms with Crippen LogP contribution in [0.3, 0.4) is 0 Å². The van der Waals surface area contributed by atoms with Gasteiger partial charge in [0, 0.05) is 12.3 Å². The van der Waals surface area contributed by atoms with E-state index in [0.717, 1.165) is 6.20 Å². The molecule has 1 heterocycles. The molecule has 0 fully saturated rings. The number of hydrogen-bond acceptors (Lipinski definition) is 5. The molecule has 0 atom stereocenters. The maximum atomic E-state index is 12.0. The van der Waals surface area contributed by atoms with Crippen LogP contribution in [0.5, 0.6) is 11.5 Å². The largest absolute Gasteiger partial charge is 0.507 e. The number of benzene rings is 1. The molecule has 2 aromatic rings. The molecule has 1 aromatic carbocycles. The summed E-state index contributed by atoms with van der Waals surface area (Å²) in [6, 6.07) is 6.95. The molecular weight excluding hydrogens is 276 g/mol. The summed E-state index contributed by atoms with van der Waals surface area (Å²) in [4.78, 5) is 26.5. The molecular formula is C14H12N2O5. The summed E-state index contributed by atoms with van der Waals surface area (Å²) in [5.41, 5.74) is 0.0696. The summed E-state index contributed by atoms with van der Waals surface area (Å²) < 4.78 is 4.92. The Morgan fingerprint density at radius 1 is 1.24 bits per heavy atom. The summed E-state index contributed by atoms with van der Waals surface area (Å²) in [5.74, 6) is -1.29. The van der Waals surface area contributed by atoms with E-state index in [2.05, 4.69) is 10.3 Å². The topological polar surface area (TPSA) is 109 Å². The molecule has 3 N–H and O–H groups in total. The van der Waals surface area contributed by atoms with Crippen molar-refractivity contribution in [3.8, 4) is 11.5 Å². The molecule has 0 radical (unpaired) electrons. The Morgan fingerprint density at radius 3 is 2.52 bits per heavy atom. The number of aromatic nitrogens is 1. The number of phenolic OH excluding ortho intramolecular Hbond substituents is 1. The molecule has 0 aliphatic carbocycles. The molecule has 0 aliphatic heterocycles. The highest BCUT2D eigenvalue weighted by Gasteiger charge is 2.13. The summed E-state index contributed by atoms with van der Waals surface area (Å²) >= 11 is 0. The van der Waals surface area contributed by atoms with Crippen LogP contribution in [0.2, 0.25) is 0 Å². The van der Waals surface area contributed by atoms with E-state index in [4.69, 9.17) is 9.84 Å². The summed E-state index contributed by atoms with van der Waals surface area (Å²) in [7, 11) is 1.45. The third-order valence-electron chi connectivity index (χ3n) is 2.70. The van der Waals surface area contributed by atoms with E-state index in [0.29, 0.717) is 5.75 Å². The summed E-state index contributed by atoms with van der Waals surface area (Å²) in [5, 5.41) is 21.0. The van der Waals surface area contributed by atoms with Gasteiger partial charge in [0.15, 0.2) is 0 Å². The van der Waals surface area contributed by atoms with E-state index in [9.17, 15) is 14.7 Å². The van der Waals surface area contributed by atoms with Crippen LogP contribution in [-0.2, 0) is 0 Å². The van der Waals surface area contributed by atoms with Crippen molar-refractivity contribution in [2.24, 2.45) is 0 Å². The van der Waals surface area contributed by atoms with E-state index >= 15 is 0 Å². The van der Waals surface area contributed by atoms with Crippen LogP contribution in [0.15, 0.2) is 36.5 Å². The van der Waals surface area contributed by atoms with Crippen LogP contribution >= 0.6 is 0 Å². The Balaban J connectivity index is 2.16. The Morgan fingerprint density at radius 2 is 2.00 bits per heavy atom. The van der Waals surface area contributed by atoms with Gasteiger partial charge in [-0.15, -0.1) is 0 Å². The molecule has 7 heteroatoms. The molecule has 21 heavy (non-hydrogen) atoms. The quantitative estimate of drug-likeness (QED) is 0.790. The average molecular weight is 288 g/mol. The van der Waals surface area contributed by atoms with Gasteiger partial charge in [-0.3, -0.25) is 4.79 Å². The minimum Gasteiger partial charge on any atom is -0.507 e. The molecule has 0 spiro atoms. The maximum Gasteiger partial charge on any atom is 0.337 e. The number of phenols is 1. The number of carbonyl (C=O) groups is 2. The first-order valence-corrected chi connectivity index (χ1v) is 5.89. The molecule has 0 saturated carbocycles. The molecule has 0 saturated heterocycles. The molecule has 0 unspecified atom stereocenters. The van der Waals surface area contributed by atoms with Crippen LogP contribution in [-0.4, -0.2) is 34.2 Å². The number of methoxy groups -OCH3 is 1. The first kappa shape index (κ1) is 14.3. The van der Waals surface area contributed by atoms with Crippen LogP contribution < -0.4 is 10.1 Å². The molecule has 2 rings (SSSR count). The van der Waals surface area contributed by atoms with Gasteiger partial charge in [0.2, 0.25) is 0 Å². The zero-order valence-electron chi connectivity index (χ0n) is 11.0. The molecule has 1 amide bonds. The van der Waals surface area contributed by atoms with Gasteiger partial charge in [0.05, 0.1) is 18.2 Å². The second-order valence-electron chi connectivity index (χ2n) is 4.07. The minimum absolute atomic E-state index is 0.0142. The lowest BCUT2D eigenvalue weighted by molar-refractivity contribution is 0.0696. The van der Waals surface area contributed by atoms with Gasteiger partial charge in [-0.2, -0.15) is 0 Å². The summed E-state index contributed by atoms with van der Waals surface area (Å²) in [6.07, 6.45) is 1.13. The highest BCUT2D eigenvalue weighted by Crippen LogP contribution is 2.24. The second kappa shape index (κ2) is 5.91. The number of carboxylic acids is 1. The van der Waals surface area contributed by atoms with Crippen molar-refractivity contribution in [2.75, 3.05) is 12.4 Å². The van der Waals surface area contributed by atoms with Gasteiger partial charge < -0.3 is 20.3 Å². The molecule has 7 nitrogen and oxygen atoms in total. The fraction of sp³-hybridized carbons (Fsp3) is 0.0714. The van der Waals surface area contributed by atoms with Crippen LogP contribution in [0.1, 0.15) is 20.7 Å². The highest BCUT2D eigenvalue weighted by atomic mass is 16.5. The number of nitrogens with one attached hydrogen (secondary N) is 1. The molecule has 0 bridgehead atoms. The number of carboxylic acid groups (broad SMARTS) is 1. The van der Waals surface area contributed by atoms with Gasteiger partial charge in [0.25, 0.3) is 5.91 Å². The summed E-state index contributed by atoms with van der Waals surface area (Å²) in [6.45, 7) is 0. The van der Waals surface area contributed by atoms with E-state index in [-0.39, 0.29) is 22.7 Å². The van der Waals surface area contributed by atoms with E-state index < -0.39 is 11.9 Å². The number of nitrogens with zero attached hydrogens (tertiary/aromatic N) is 1. The molecule has 0 aliphatic rings. The average Bonchev–Trinajstić information content (AvgIpc) is 2.47. The smallest absolute Gasteiger partial charge is 0.337 e. The Bertz CT molecular complexity index is 682. The van der Waals surface area contributed by atoms with Crippen LogP contribution in [0.25, 0.3) is 0 Å². The van der Waals surface area contributed by atoms with Crippen molar-refractivity contribution in [2.45, 2.75) is 0 Å². The van der Waals surface area contributed by atoms with Crippen LogP contribution in [0, 0.1) is 0 Å². The fourth-order valence-electron chi connectivity index (χ4n) is 1.61. The minimum atomic E-state index is -1.10. The van der Waals surface area contributed by atoms with Crippen molar-refractivity contribution in [1.29, 1.82) is 0 Å². The Kier molecular flexibility index (Phi) is 4.03. The number of aromatic hydroxyl groups is 1. The zero-order valence-corrected chi connectivity index (χ0v) is 11.0. The standard InChI is InChI=1S/C14H12N2O5/c1-21-9-3-4-10(11(17)6-9)13(18)16-12-5-2-8(7-15-12)14(19)20/h2-7,17H,1H3,(H,19,20)(H,15,16,18). The molecule has 108 valence electrons. The van der Waals surface area contributed by atoms with E-state index in [1.165, 1.54) is 37.4 Å². The van der Waals surface area contributed by atoms with Crippen molar-refractivity contribution in [1.82, 2.24) is 4.98 Å². The Hall–Kier alpha value is -3.09. The number of anilines is 1. The molecule has 1 aromatic heterocycles. The van der Waals surface area contributed by atoms with Crippen molar-refractivity contribution >= 4 is 17.7 Å². The van der Waals surface area contributed by atoms with Gasteiger partial charge in [-0.05, 0) is 24.3 Å². The third kappa shape index (κ3) is 3.27. The van der Waals surface area contributed by atoms with Crippen LogP contribution in [0.4, 0.5) is 5.82 Å². The third-order valence-corrected chi connectivity index (χ3v) is 2.70. The zero-order chi connectivity index (χ0) is 15.4. The number of ether oxygens (including phenoxy) is 1. The number of aromatic carboxylic acids is 1. The second-order valence-corrected chi connectivity index (χ2v) is 4.07. The van der Waals surface area contributed by atoms with Gasteiger partial charge in [-0.25, -0.2) is 9.78 Å². The first-order chi connectivity index (χ1) is 10.0. The fourth-order valence-corrected chi connectivity index (χ4v) is 1.61. The van der Waals surface area contributed by atoms with Gasteiger partial charge in [-0.1, -0.05) is 0 Å². The predicted molar refractivity (Wildman–Crippen MR) is 73.8 cm³/mol. The highest BCUT2D eigenvalue weighted by molar-refractivity contribution is 6.05.